The van der Waals surface area contributed by atoms with E-state index in [2.05, 4.69) is 15.3 Å². The van der Waals surface area contributed by atoms with Crippen LogP contribution in [0.15, 0.2) is 53.5 Å². The molecule has 0 radical (unpaired) electrons. The standard InChI is InChI=1S/C19H15N3OS/c1-12-5-4-6-14(9-12)21-19-22-18(23)17(24-19)10-13-11-20-16-8-3-2-7-15(13)16/h2-11,23H,1H3,(H,21,22). The number of anilines is 2. The highest BCUT2D eigenvalue weighted by Crippen LogP contribution is 2.37. The maximum Gasteiger partial charge on any atom is 0.231 e. The predicted octanol–water partition coefficient (Wildman–Crippen LogP) is 5.16. The molecule has 0 spiro atoms. The zero-order chi connectivity index (χ0) is 16.5. The molecule has 0 saturated carbocycles. The van der Waals surface area contributed by atoms with E-state index < -0.39 is 0 Å². The summed E-state index contributed by atoms with van der Waals surface area (Å²) >= 11 is 1.41. The van der Waals surface area contributed by atoms with E-state index >= 15 is 0 Å². The Hall–Kier alpha value is -2.92. The number of aromatic nitrogens is 1. The lowest BCUT2D eigenvalue weighted by Crippen LogP contribution is -1.88. The van der Waals surface area contributed by atoms with Crippen molar-refractivity contribution in [1.82, 2.24) is 4.98 Å². The maximum atomic E-state index is 10.1. The molecule has 1 aromatic heterocycles. The van der Waals surface area contributed by atoms with E-state index in [1.54, 1.807) is 0 Å². The van der Waals surface area contributed by atoms with Crippen molar-refractivity contribution in [3.63, 3.8) is 0 Å². The summed E-state index contributed by atoms with van der Waals surface area (Å²) in [5, 5.41) is 14.0. The number of rotatable bonds is 3. The van der Waals surface area contributed by atoms with Crippen LogP contribution in [0.5, 0.6) is 5.88 Å². The smallest absolute Gasteiger partial charge is 0.231 e. The Labute approximate surface area is 143 Å². The molecule has 4 rings (SSSR count). The van der Waals surface area contributed by atoms with Crippen LogP contribution in [0.1, 0.15) is 16.0 Å². The van der Waals surface area contributed by atoms with Gasteiger partial charge in [0.1, 0.15) is 0 Å². The summed E-state index contributed by atoms with van der Waals surface area (Å²) in [6.45, 7) is 2.04. The Morgan fingerprint density at radius 1 is 1.12 bits per heavy atom. The minimum atomic E-state index is 0.0282. The van der Waals surface area contributed by atoms with Crippen LogP contribution in [0.3, 0.4) is 0 Å². The third kappa shape index (κ3) is 2.81. The van der Waals surface area contributed by atoms with E-state index in [-0.39, 0.29) is 5.88 Å². The molecule has 0 amide bonds. The predicted molar refractivity (Wildman–Crippen MR) is 101 cm³/mol. The highest BCUT2D eigenvalue weighted by molar-refractivity contribution is 7.16. The van der Waals surface area contributed by atoms with Gasteiger partial charge in [0.15, 0.2) is 5.13 Å². The first kappa shape index (κ1) is 14.7. The van der Waals surface area contributed by atoms with Crippen LogP contribution in [0.4, 0.5) is 16.5 Å². The number of aryl methyl sites for hydroxylation is 1. The zero-order valence-electron chi connectivity index (χ0n) is 13.0. The van der Waals surface area contributed by atoms with Gasteiger partial charge in [-0.05, 0) is 36.8 Å². The van der Waals surface area contributed by atoms with Crippen LogP contribution >= 0.6 is 11.3 Å². The molecule has 0 fully saturated rings. The van der Waals surface area contributed by atoms with Gasteiger partial charge < -0.3 is 10.4 Å². The molecule has 0 bridgehead atoms. The van der Waals surface area contributed by atoms with E-state index in [0.29, 0.717) is 10.0 Å². The number of thiazole rings is 1. The molecule has 3 aromatic rings. The van der Waals surface area contributed by atoms with Crippen molar-refractivity contribution < 1.29 is 5.11 Å². The number of fused-ring (bicyclic) bond motifs is 1. The van der Waals surface area contributed by atoms with Gasteiger partial charge in [-0.25, -0.2) is 0 Å². The first-order valence-corrected chi connectivity index (χ1v) is 8.39. The van der Waals surface area contributed by atoms with Gasteiger partial charge in [0.25, 0.3) is 0 Å². The van der Waals surface area contributed by atoms with Gasteiger partial charge in [-0.3, -0.25) is 4.99 Å². The fourth-order valence-corrected chi connectivity index (χ4v) is 3.45. The number of hydrogen-bond donors (Lipinski definition) is 2. The van der Waals surface area contributed by atoms with Gasteiger partial charge in [0.05, 0.1) is 10.6 Å². The van der Waals surface area contributed by atoms with Gasteiger partial charge >= 0.3 is 0 Å². The molecular weight excluding hydrogens is 318 g/mol. The summed E-state index contributed by atoms with van der Waals surface area (Å²) < 4.78 is 0. The van der Waals surface area contributed by atoms with Crippen LogP contribution in [-0.2, 0) is 0 Å². The molecule has 24 heavy (non-hydrogen) atoms. The number of aliphatic imine (C=N–C) groups is 1. The van der Waals surface area contributed by atoms with Crippen molar-refractivity contribution in [3.05, 3.63) is 64.5 Å². The van der Waals surface area contributed by atoms with Crippen molar-refractivity contribution in [2.24, 2.45) is 4.99 Å². The van der Waals surface area contributed by atoms with Crippen LogP contribution in [0.2, 0.25) is 0 Å². The third-order valence-corrected chi connectivity index (χ3v) is 4.66. The van der Waals surface area contributed by atoms with E-state index in [4.69, 9.17) is 0 Å². The second-order valence-electron chi connectivity index (χ2n) is 5.58. The Morgan fingerprint density at radius 3 is 2.88 bits per heavy atom. The highest BCUT2D eigenvalue weighted by Gasteiger charge is 2.14. The van der Waals surface area contributed by atoms with Gasteiger partial charge in [0.2, 0.25) is 5.88 Å². The van der Waals surface area contributed by atoms with E-state index in [9.17, 15) is 5.11 Å². The maximum absolute atomic E-state index is 10.1. The largest absolute Gasteiger partial charge is 0.492 e. The lowest BCUT2D eigenvalue weighted by Gasteiger charge is -2.02. The van der Waals surface area contributed by atoms with Crippen molar-refractivity contribution >= 4 is 45.7 Å². The zero-order valence-corrected chi connectivity index (χ0v) is 13.8. The SMILES string of the molecule is Cc1cccc(Nc2nc(O)c(C=C3C=Nc4ccccc43)s2)c1. The monoisotopic (exact) mass is 333 g/mol. The second-order valence-corrected chi connectivity index (χ2v) is 6.61. The number of benzene rings is 2. The molecule has 4 nitrogen and oxygen atoms in total. The fraction of sp³-hybridized carbons (Fsp3) is 0.0526. The normalized spacial score (nSPS) is 14.1. The van der Waals surface area contributed by atoms with Crippen LogP contribution in [-0.4, -0.2) is 16.3 Å². The molecule has 1 aliphatic heterocycles. The second kappa shape index (κ2) is 5.94. The van der Waals surface area contributed by atoms with Crippen LogP contribution < -0.4 is 5.32 Å². The summed E-state index contributed by atoms with van der Waals surface area (Å²) in [5.41, 5.74) is 5.12. The molecule has 2 heterocycles. The minimum absolute atomic E-state index is 0.0282. The molecule has 1 aliphatic rings. The number of nitrogens with one attached hydrogen (secondary N) is 1. The summed E-state index contributed by atoms with van der Waals surface area (Å²) in [6, 6.07) is 16.0. The van der Waals surface area contributed by atoms with Crippen LogP contribution in [0, 0.1) is 6.92 Å². The average molecular weight is 333 g/mol. The lowest BCUT2D eigenvalue weighted by molar-refractivity contribution is 0.457. The molecular formula is C19H15N3OS. The third-order valence-electron chi connectivity index (χ3n) is 3.75. The van der Waals surface area contributed by atoms with Crippen molar-refractivity contribution in [1.29, 1.82) is 0 Å². The number of allylic oxidation sites excluding steroid dienone is 1. The Balaban J connectivity index is 1.63. The van der Waals surface area contributed by atoms with Gasteiger partial charge in [-0.15, -0.1) is 0 Å². The van der Waals surface area contributed by atoms with Crippen molar-refractivity contribution in [3.8, 4) is 5.88 Å². The summed E-state index contributed by atoms with van der Waals surface area (Å²) in [7, 11) is 0. The molecule has 0 atom stereocenters. The number of aromatic hydroxyl groups is 1. The van der Waals surface area contributed by atoms with Crippen LogP contribution in [0.25, 0.3) is 11.6 Å². The van der Waals surface area contributed by atoms with E-state index in [1.807, 2.05) is 67.7 Å². The molecule has 0 unspecified atom stereocenters. The number of para-hydroxylation sites is 1. The first-order valence-electron chi connectivity index (χ1n) is 7.58. The molecule has 118 valence electrons. The fourth-order valence-electron chi connectivity index (χ4n) is 2.61. The molecule has 2 aromatic carbocycles. The van der Waals surface area contributed by atoms with Crippen molar-refractivity contribution in [2.45, 2.75) is 6.92 Å². The van der Waals surface area contributed by atoms with E-state index in [1.165, 1.54) is 16.9 Å². The summed E-state index contributed by atoms with van der Waals surface area (Å²) in [5.74, 6) is 0.0282. The molecule has 0 saturated heterocycles. The topological polar surface area (TPSA) is 57.5 Å². The number of hydrogen-bond acceptors (Lipinski definition) is 5. The van der Waals surface area contributed by atoms with Gasteiger partial charge in [0, 0.05) is 23.0 Å². The highest BCUT2D eigenvalue weighted by atomic mass is 32.1. The summed E-state index contributed by atoms with van der Waals surface area (Å²) in [6.07, 6.45) is 3.74. The summed E-state index contributed by atoms with van der Waals surface area (Å²) in [4.78, 5) is 9.30. The van der Waals surface area contributed by atoms with E-state index in [0.717, 1.165) is 22.5 Å². The molecule has 0 aliphatic carbocycles. The Kier molecular flexibility index (Phi) is 3.63. The average Bonchev–Trinajstić information content (AvgIpc) is 3.12. The first-order chi connectivity index (χ1) is 11.7. The van der Waals surface area contributed by atoms with Gasteiger partial charge in [-0.1, -0.05) is 41.7 Å². The minimum Gasteiger partial charge on any atom is -0.492 e. The lowest BCUT2D eigenvalue weighted by atomic mass is 10.1. The van der Waals surface area contributed by atoms with Gasteiger partial charge in [-0.2, -0.15) is 4.98 Å². The molecule has 5 heteroatoms. The Bertz CT molecular complexity index is 972. The quantitative estimate of drug-likeness (QED) is 0.696. The Morgan fingerprint density at radius 2 is 2.00 bits per heavy atom. The molecule has 2 N–H and O–H groups in total. The number of nitrogens with zero attached hydrogens (tertiary/aromatic N) is 2. The van der Waals surface area contributed by atoms with Crippen molar-refractivity contribution in [2.75, 3.05) is 5.32 Å².